The summed E-state index contributed by atoms with van der Waals surface area (Å²) in [5, 5.41) is 0.0902. The average molecular weight is 246 g/mol. The minimum Gasteiger partial charge on any atom is -0.0674 e. The molecule has 3 aliphatic rings. The molecule has 3 rings (SSSR count). The van der Waals surface area contributed by atoms with Crippen LogP contribution in [-0.2, 0) is 0 Å². The van der Waals surface area contributed by atoms with Crippen molar-refractivity contribution in [1.82, 2.24) is 0 Å². The van der Waals surface area contributed by atoms with E-state index in [-0.39, 0.29) is 5.31 Å². The molecule has 0 aliphatic heterocycles. The lowest BCUT2D eigenvalue weighted by Crippen LogP contribution is -2.27. The normalized spacial score (nSPS) is 37.1. The molecule has 102 valence electrons. The van der Waals surface area contributed by atoms with E-state index in [1.165, 1.54) is 70.6 Å². The second kappa shape index (κ2) is 6.48. The van der Waals surface area contributed by atoms with Crippen LogP contribution in [0.5, 0.6) is 0 Å². The van der Waals surface area contributed by atoms with Crippen molar-refractivity contribution in [2.24, 2.45) is 17.8 Å². The van der Waals surface area contributed by atoms with Gasteiger partial charge >= 0.3 is 0 Å². The zero-order valence-corrected chi connectivity index (χ0v) is 12.6. The fourth-order valence-corrected chi connectivity index (χ4v) is 4.50. The van der Waals surface area contributed by atoms with Crippen molar-refractivity contribution in [3.63, 3.8) is 0 Å². The summed E-state index contributed by atoms with van der Waals surface area (Å²) < 4.78 is 0. The van der Waals surface area contributed by atoms with Gasteiger partial charge in [-0.1, -0.05) is 76.9 Å². The fourth-order valence-electron chi connectivity index (χ4n) is 4.50. The van der Waals surface area contributed by atoms with Crippen molar-refractivity contribution in [2.75, 3.05) is 0 Å². The van der Waals surface area contributed by atoms with Gasteiger partial charge in [-0.25, -0.2) is 0 Å². The van der Waals surface area contributed by atoms with Crippen molar-refractivity contribution in [2.45, 2.75) is 89.8 Å². The van der Waals surface area contributed by atoms with Crippen LogP contribution >= 0.6 is 0 Å². The molecule has 0 nitrogen and oxygen atoms in total. The van der Waals surface area contributed by atoms with Gasteiger partial charge in [0.2, 0.25) is 0 Å². The topological polar surface area (TPSA) is 0 Å². The summed E-state index contributed by atoms with van der Waals surface area (Å²) in [7, 11) is 6.68. The summed E-state index contributed by atoms with van der Waals surface area (Å²) in [6.07, 6.45) is 15.6. The van der Waals surface area contributed by atoms with Crippen LogP contribution in [0.1, 0.15) is 84.5 Å². The Balaban J connectivity index is 2.09. The van der Waals surface area contributed by atoms with Crippen LogP contribution in [0.4, 0.5) is 0 Å². The van der Waals surface area contributed by atoms with Crippen molar-refractivity contribution in [3.05, 3.63) is 0 Å². The molecule has 0 heterocycles. The molecule has 3 aliphatic carbocycles. The summed E-state index contributed by atoms with van der Waals surface area (Å²) >= 11 is 0. The maximum Gasteiger partial charge on any atom is 0.0746 e. The SMILES string of the molecule is [B]C(C)(CCC)C1CC2CCCCC(CCC2)C1. The molecule has 3 fully saturated rings. The molecule has 2 bridgehead atoms. The quantitative estimate of drug-likeness (QED) is 0.575. The number of hydrogen-bond donors (Lipinski definition) is 0. The highest BCUT2D eigenvalue weighted by atomic mass is 14.4. The Morgan fingerprint density at radius 1 is 0.944 bits per heavy atom. The first-order valence-corrected chi connectivity index (χ1v) is 8.40. The van der Waals surface area contributed by atoms with E-state index in [9.17, 15) is 0 Å². The van der Waals surface area contributed by atoms with Gasteiger partial charge in [-0.3, -0.25) is 0 Å². The third-order valence-corrected chi connectivity index (χ3v) is 5.66. The van der Waals surface area contributed by atoms with Gasteiger partial charge < -0.3 is 0 Å². The molecule has 0 aromatic carbocycles. The molecular formula is C17H31B. The number of rotatable bonds is 3. The van der Waals surface area contributed by atoms with Crippen LogP contribution in [0, 0.1) is 17.8 Å². The first-order valence-electron chi connectivity index (χ1n) is 8.40. The predicted octanol–water partition coefficient (Wildman–Crippen LogP) is 5.52. The van der Waals surface area contributed by atoms with Crippen LogP contribution < -0.4 is 0 Å². The van der Waals surface area contributed by atoms with E-state index in [0.717, 1.165) is 17.8 Å². The van der Waals surface area contributed by atoms with E-state index in [1.807, 2.05) is 0 Å². The molecule has 0 saturated heterocycles. The molecule has 3 atom stereocenters. The third kappa shape index (κ3) is 3.78. The Morgan fingerprint density at radius 2 is 1.44 bits per heavy atom. The van der Waals surface area contributed by atoms with Gasteiger partial charge in [-0.15, -0.1) is 0 Å². The van der Waals surface area contributed by atoms with E-state index >= 15 is 0 Å². The van der Waals surface area contributed by atoms with Gasteiger partial charge in [0.15, 0.2) is 0 Å². The molecule has 3 saturated carbocycles. The minimum absolute atomic E-state index is 0.0902. The third-order valence-electron chi connectivity index (χ3n) is 5.66. The lowest BCUT2D eigenvalue weighted by molar-refractivity contribution is 0.197. The molecule has 0 amide bonds. The fraction of sp³-hybridized carbons (Fsp3) is 1.00. The molecule has 0 N–H and O–H groups in total. The van der Waals surface area contributed by atoms with Crippen molar-refractivity contribution in [3.8, 4) is 0 Å². The minimum atomic E-state index is 0.0902. The standard InChI is InChI=1S/C17H31B/c1-3-11-17(2,18)16-12-14-7-4-5-8-15(13-16)10-6-9-14/h14-16H,3-13H2,1-2H3. The molecule has 0 aromatic heterocycles. The monoisotopic (exact) mass is 246 g/mol. The Kier molecular flexibility index (Phi) is 5.21. The highest BCUT2D eigenvalue weighted by Crippen LogP contribution is 2.48. The number of fused-ring (bicyclic) bond motifs is 7. The van der Waals surface area contributed by atoms with E-state index < -0.39 is 0 Å². The zero-order chi connectivity index (χ0) is 13.0. The highest BCUT2D eigenvalue weighted by Gasteiger charge is 2.34. The van der Waals surface area contributed by atoms with Crippen LogP contribution in [0.15, 0.2) is 0 Å². The van der Waals surface area contributed by atoms with Crippen molar-refractivity contribution >= 4 is 7.85 Å². The Labute approximate surface area is 116 Å². The predicted molar refractivity (Wildman–Crippen MR) is 81.1 cm³/mol. The Bertz CT molecular complexity index is 226. The Hall–Kier alpha value is 0.0649. The van der Waals surface area contributed by atoms with E-state index in [4.69, 9.17) is 7.85 Å². The van der Waals surface area contributed by atoms with E-state index in [0.29, 0.717) is 0 Å². The van der Waals surface area contributed by atoms with Gasteiger partial charge in [-0.05, 0) is 30.6 Å². The lowest BCUT2D eigenvalue weighted by atomic mass is 9.55. The largest absolute Gasteiger partial charge is 0.0746 e. The van der Waals surface area contributed by atoms with Gasteiger partial charge in [0.25, 0.3) is 0 Å². The van der Waals surface area contributed by atoms with Gasteiger partial charge in [-0.2, -0.15) is 0 Å². The number of hydrogen-bond acceptors (Lipinski definition) is 0. The van der Waals surface area contributed by atoms with E-state index in [1.54, 1.807) is 0 Å². The van der Waals surface area contributed by atoms with Crippen LogP contribution in [0.25, 0.3) is 0 Å². The molecular weight excluding hydrogens is 215 g/mol. The first kappa shape index (κ1) is 14.5. The maximum atomic E-state index is 6.68. The molecule has 18 heavy (non-hydrogen) atoms. The summed E-state index contributed by atoms with van der Waals surface area (Å²) in [6.45, 7) is 4.61. The van der Waals surface area contributed by atoms with Crippen LogP contribution in [0.3, 0.4) is 0 Å². The summed E-state index contributed by atoms with van der Waals surface area (Å²) in [5.74, 6) is 2.74. The second-order valence-electron chi connectivity index (χ2n) is 7.37. The summed E-state index contributed by atoms with van der Waals surface area (Å²) in [5.41, 5.74) is 0. The first-order chi connectivity index (χ1) is 8.62. The molecule has 0 spiro atoms. The summed E-state index contributed by atoms with van der Waals surface area (Å²) in [4.78, 5) is 0. The van der Waals surface area contributed by atoms with Crippen LogP contribution in [-0.4, -0.2) is 7.85 Å². The molecule has 1 heteroatoms. The molecule has 3 unspecified atom stereocenters. The second-order valence-corrected chi connectivity index (χ2v) is 7.37. The van der Waals surface area contributed by atoms with Gasteiger partial charge in [0.05, 0.1) is 7.85 Å². The average Bonchev–Trinajstić information content (AvgIpc) is 2.43. The van der Waals surface area contributed by atoms with Crippen molar-refractivity contribution < 1.29 is 0 Å². The zero-order valence-electron chi connectivity index (χ0n) is 12.6. The van der Waals surface area contributed by atoms with Gasteiger partial charge in [0.1, 0.15) is 0 Å². The van der Waals surface area contributed by atoms with Crippen LogP contribution in [0.2, 0.25) is 5.31 Å². The lowest BCUT2D eigenvalue weighted by Gasteiger charge is -2.40. The summed E-state index contributed by atoms with van der Waals surface area (Å²) in [6, 6.07) is 0. The Morgan fingerprint density at radius 3 is 1.94 bits per heavy atom. The van der Waals surface area contributed by atoms with E-state index in [2.05, 4.69) is 13.8 Å². The highest BCUT2D eigenvalue weighted by molar-refractivity contribution is 6.15. The molecule has 2 radical (unpaired) electrons. The smallest absolute Gasteiger partial charge is 0.0674 e. The van der Waals surface area contributed by atoms with Crippen molar-refractivity contribution in [1.29, 1.82) is 0 Å². The van der Waals surface area contributed by atoms with Gasteiger partial charge in [0, 0.05) is 0 Å². The maximum absolute atomic E-state index is 6.68. The molecule has 0 aromatic rings.